The first-order chi connectivity index (χ1) is 10.3. The standard InChI is InChI=1S/C18H20N2O/c1-19-18(14-21)12-20(13-18)17(15-8-4-2-5-9-15)16-10-6-3-7-11-16/h2-11,14,17,19H,12-13H2,1H3. The van der Waals surface area contributed by atoms with Crippen molar-refractivity contribution in [3.8, 4) is 0 Å². The monoisotopic (exact) mass is 280 g/mol. The summed E-state index contributed by atoms with van der Waals surface area (Å²) >= 11 is 0. The van der Waals surface area contributed by atoms with E-state index in [0.717, 1.165) is 19.4 Å². The molecule has 108 valence electrons. The van der Waals surface area contributed by atoms with Crippen molar-refractivity contribution >= 4 is 6.29 Å². The minimum Gasteiger partial charge on any atom is -0.306 e. The number of likely N-dealkylation sites (tertiary alicyclic amines) is 1. The van der Waals surface area contributed by atoms with E-state index in [4.69, 9.17) is 0 Å². The number of benzene rings is 2. The summed E-state index contributed by atoms with van der Waals surface area (Å²) in [5.41, 5.74) is 2.14. The molecule has 1 heterocycles. The van der Waals surface area contributed by atoms with Gasteiger partial charge in [-0.3, -0.25) is 4.90 Å². The summed E-state index contributed by atoms with van der Waals surface area (Å²) < 4.78 is 0. The van der Waals surface area contributed by atoms with Crippen molar-refractivity contribution in [1.29, 1.82) is 0 Å². The quantitative estimate of drug-likeness (QED) is 0.853. The SMILES string of the molecule is CNC1(C=O)CN(C(c2ccccc2)c2ccccc2)C1. The van der Waals surface area contributed by atoms with Crippen molar-refractivity contribution in [3.63, 3.8) is 0 Å². The predicted octanol–water partition coefficient (Wildman–Crippen LogP) is 2.25. The minimum absolute atomic E-state index is 0.203. The number of hydrogen-bond donors (Lipinski definition) is 1. The Balaban J connectivity index is 1.90. The maximum absolute atomic E-state index is 11.3. The molecule has 3 nitrogen and oxygen atoms in total. The third kappa shape index (κ3) is 2.62. The zero-order valence-corrected chi connectivity index (χ0v) is 12.2. The van der Waals surface area contributed by atoms with E-state index in [1.165, 1.54) is 11.1 Å². The van der Waals surface area contributed by atoms with E-state index in [0.29, 0.717) is 0 Å². The van der Waals surface area contributed by atoms with Crippen LogP contribution in [-0.4, -0.2) is 36.9 Å². The van der Waals surface area contributed by atoms with Gasteiger partial charge in [-0.05, 0) is 18.2 Å². The van der Waals surface area contributed by atoms with Crippen LogP contribution in [0.2, 0.25) is 0 Å². The second-order valence-corrected chi connectivity index (χ2v) is 5.65. The van der Waals surface area contributed by atoms with Gasteiger partial charge in [0.25, 0.3) is 0 Å². The van der Waals surface area contributed by atoms with Gasteiger partial charge in [0.15, 0.2) is 0 Å². The molecule has 0 aromatic heterocycles. The van der Waals surface area contributed by atoms with E-state index < -0.39 is 0 Å². The number of hydrogen-bond acceptors (Lipinski definition) is 3. The van der Waals surface area contributed by atoms with Crippen LogP contribution in [0.25, 0.3) is 0 Å². The van der Waals surface area contributed by atoms with Gasteiger partial charge >= 0.3 is 0 Å². The van der Waals surface area contributed by atoms with Crippen molar-refractivity contribution in [3.05, 3.63) is 71.8 Å². The molecule has 2 aromatic carbocycles. The summed E-state index contributed by atoms with van der Waals surface area (Å²) in [4.78, 5) is 13.6. The Morgan fingerprint density at radius 1 is 1.00 bits per heavy atom. The Morgan fingerprint density at radius 3 is 1.86 bits per heavy atom. The van der Waals surface area contributed by atoms with Gasteiger partial charge in [0.05, 0.1) is 11.6 Å². The van der Waals surface area contributed by atoms with E-state index in [9.17, 15) is 4.79 Å². The molecule has 0 atom stereocenters. The third-order valence-electron chi connectivity index (χ3n) is 4.29. The Bertz CT molecular complexity index is 552. The summed E-state index contributed by atoms with van der Waals surface area (Å²) in [5, 5.41) is 3.14. The number of aldehydes is 1. The topological polar surface area (TPSA) is 32.3 Å². The average molecular weight is 280 g/mol. The largest absolute Gasteiger partial charge is 0.306 e. The Labute approximate surface area is 125 Å². The van der Waals surface area contributed by atoms with Crippen molar-refractivity contribution in [2.45, 2.75) is 11.6 Å². The fraction of sp³-hybridized carbons (Fsp3) is 0.278. The maximum Gasteiger partial charge on any atom is 0.142 e. The van der Waals surface area contributed by atoms with Gasteiger partial charge < -0.3 is 10.1 Å². The number of carbonyl (C=O) groups excluding carboxylic acids is 1. The van der Waals surface area contributed by atoms with Crippen LogP contribution in [0.3, 0.4) is 0 Å². The highest BCUT2D eigenvalue weighted by Gasteiger charge is 2.45. The molecule has 2 aromatic rings. The molecule has 1 aliphatic heterocycles. The van der Waals surface area contributed by atoms with Crippen LogP contribution in [0.4, 0.5) is 0 Å². The van der Waals surface area contributed by atoms with Gasteiger partial charge in [0.1, 0.15) is 6.29 Å². The van der Waals surface area contributed by atoms with E-state index in [1.807, 2.05) is 19.2 Å². The predicted molar refractivity (Wildman–Crippen MR) is 84.2 cm³/mol. The lowest BCUT2D eigenvalue weighted by Gasteiger charge is -2.50. The molecule has 0 spiro atoms. The highest BCUT2D eigenvalue weighted by molar-refractivity contribution is 5.67. The molecule has 1 N–H and O–H groups in total. The molecule has 21 heavy (non-hydrogen) atoms. The van der Waals surface area contributed by atoms with Gasteiger partial charge in [-0.15, -0.1) is 0 Å². The maximum atomic E-state index is 11.3. The van der Waals surface area contributed by atoms with Crippen molar-refractivity contribution < 1.29 is 4.79 Å². The number of likely N-dealkylation sites (N-methyl/N-ethyl adjacent to an activating group) is 1. The summed E-state index contributed by atoms with van der Waals surface area (Å²) in [6.45, 7) is 1.48. The number of carbonyl (C=O) groups is 1. The molecule has 1 aliphatic rings. The van der Waals surface area contributed by atoms with Gasteiger partial charge in [0, 0.05) is 13.1 Å². The molecular formula is C18H20N2O. The van der Waals surface area contributed by atoms with E-state index >= 15 is 0 Å². The van der Waals surface area contributed by atoms with Gasteiger partial charge in [-0.2, -0.15) is 0 Å². The summed E-state index contributed by atoms with van der Waals surface area (Å²) in [5.74, 6) is 0. The molecule has 3 rings (SSSR count). The van der Waals surface area contributed by atoms with Crippen molar-refractivity contribution in [2.75, 3.05) is 20.1 Å². The van der Waals surface area contributed by atoms with Crippen LogP contribution in [0.1, 0.15) is 17.2 Å². The highest BCUT2D eigenvalue weighted by Crippen LogP contribution is 2.34. The summed E-state index contributed by atoms with van der Waals surface area (Å²) in [6.07, 6.45) is 1.04. The number of rotatable bonds is 5. The first-order valence-electron chi connectivity index (χ1n) is 7.27. The Morgan fingerprint density at radius 2 is 1.48 bits per heavy atom. The van der Waals surface area contributed by atoms with Crippen LogP contribution in [0, 0.1) is 0 Å². The van der Waals surface area contributed by atoms with E-state index in [2.05, 4.69) is 58.7 Å². The molecule has 1 saturated heterocycles. The van der Waals surface area contributed by atoms with Crippen LogP contribution in [0.15, 0.2) is 60.7 Å². The highest BCUT2D eigenvalue weighted by atomic mass is 16.1. The van der Waals surface area contributed by atoms with E-state index in [1.54, 1.807) is 0 Å². The van der Waals surface area contributed by atoms with Gasteiger partial charge in [-0.1, -0.05) is 60.7 Å². The van der Waals surface area contributed by atoms with Crippen molar-refractivity contribution in [2.24, 2.45) is 0 Å². The third-order valence-corrected chi connectivity index (χ3v) is 4.29. The molecule has 0 radical (unpaired) electrons. The number of nitrogens with one attached hydrogen (secondary N) is 1. The normalized spacial score (nSPS) is 17.4. The molecular weight excluding hydrogens is 260 g/mol. The van der Waals surface area contributed by atoms with Gasteiger partial charge in [-0.25, -0.2) is 0 Å². The second kappa shape index (κ2) is 5.80. The van der Waals surface area contributed by atoms with Crippen LogP contribution >= 0.6 is 0 Å². The lowest BCUT2D eigenvalue weighted by Crippen LogP contribution is -2.69. The molecule has 0 bridgehead atoms. The van der Waals surface area contributed by atoms with Gasteiger partial charge in [0.2, 0.25) is 0 Å². The zero-order valence-electron chi connectivity index (χ0n) is 12.2. The van der Waals surface area contributed by atoms with Crippen LogP contribution < -0.4 is 5.32 Å². The lowest BCUT2D eigenvalue weighted by molar-refractivity contribution is -0.120. The molecule has 0 aliphatic carbocycles. The average Bonchev–Trinajstić information content (AvgIpc) is 2.52. The van der Waals surface area contributed by atoms with Crippen LogP contribution in [-0.2, 0) is 4.79 Å². The van der Waals surface area contributed by atoms with Crippen LogP contribution in [0.5, 0.6) is 0 Å². The first-order valence-corrected chi connectivity index (χ1v) is 7.27. The Kier molecular flexibility index (Phi) is 3.86. The fourth-order valence-electron chi connectivity index (χ4n) is 3.04. The smallest absolute Gasteiger partial charge is 0.142 e. The molecule has 1 fully saturated rings. The number of nitrogens with zero attached hydrogens (tertiary/aromatic N) is 1. The van der Waals surface area contributed by atoms with Crippen molar-refractivity contribution in [1.82, 2.24) is 10.2 Å². The molecule has 0 saturated carbocycles. The summed E-state index contributed by atoms with van der Waals surface area (Å²) in [6, 6.07) is 21.1. The van der Waals surface area contributed by atoms with E-state index in [-0.39, 0.29) is 11.6 Å². The first kappa shape index (κ1) is 14.0. The molecule has 0 unspecified atom stereocenters. The summed E-state index contributed by atoms with van der Waals surface area (Å²) in [7, 11) is 1.85. The second-order valence-electron chi connectivity index (χ2n) is 5.65. The fourth-order valence-corrected chi connectivity index (χ4v) is 3.04. The lowest BCUT2D eigenvalue weighted by atomic mass is 9.86. The molecule has 3 heteroatoms. The minimum atomic E-state index is -0.387. The Hall–Kier alpha value is -1.97. The molecule has 0 amide bonds. The zero-order chi connectivity index (χ0) is 14.7.